The van der Waals surface area contributed by atoms with Crippen molar-refractivity contribution in [2.45, 2.75) is 26.2 Å². The number of pyridine rings is 1. The first-order chi connectivity index (χ1) is 8.68. The van der Waals surface area contributed by atoms with Gasteiger partial charge in [-0.05, 0) is 29.2 Å². The molecule has 0 bridgehead atoms. The molecule has 100 valence electrons. The largest absolute Gasteiger partial charge is 0.294 e. The smallest absolute Gasteiger partial charge is 0.167 e. The first kappa shape index (κ1) is 15.4. The van der Waals surface area contributed by atoms with Crippen LogP contribution in [0, 0.1) is 0 Å². The maximum Gasteiger partial charge on any atom is 0.167 e. The van der Waals surface area contributed by atoms with Crippen LogP contribution in [0.3, 0.4) is 0 Å². The molecule has 1 aromatic carbocycles. The number of rotatable bonds is 4. The molecule has 0 saturated carbocycles. The van der Waals surface area contributed by atoms with E-state index >= 15 is 0 Å². The van der Waals surface area contributed by atoms with Gasteiger partial charge in [-0.3, -0.25) is 9.78 Å². The van der Waals surface area contributed by atoms with Gasteiger partial charge in [-0.2, -0.15) is 0 Å². The van der Waals surface area contributed by atoms with Crippen LogP contribution in [0.2, 0.25) is 0 Å². The van der Waals surface area contributed by atoms with Gasteiger partial charge < -0.3 is 0 Å². The molecular formula is C16H18ClNO. The van der Waals surface area contributed by atoms with E-state index < -0.39 is 0 Å². The van der Waals surface area contributed by atoms with Crippen LogP contribution < -0.4 is 0 Å². The second-order valence-electron chi connectivity index (χ2n) is 4.70. The van der Waals surface area contributed by atoms with Crippen LogP contribution in [0.1, 0.15) is 41.3 Å². The summed E-state index contributed by atoms with van der Waals surface area (Å²) in [5.74, 6) is 0.535. The zero-order valence-corrected chi connectivity index (χ0v) is 12.0. The van der Waals surface area contributed by atoms with Gasteiger partial charge in [0.05, 0.1) is 0 Å². The monoisotopic (exact) mass is 275 g/mol. The van der Waals surface area contributed by atoms with Gasteiger partial charge in [0.1, 0.15) is 0 Å². The Morgan fingerprint density at radius 2 is 1.74 bits per heavy atom. The highest BCUT2D eigenvalue weighted by Gasteiger charge is 2.13. The SMILES string of the molecule is CC(C)c1ccccc1C(=O)Cc1ccncc1.Cl. The van der Waals surface area contributed by atoms with Gasteiger partial charge >= 0.3 is 0 Å². The number of hydrogen-bond donors (Lipinski definition) is 0. The number of hydrogen-bond acceptors (Lipinski definition) is 2. The molecule has 0 N–H and O–H groups in total. The predicted molar refractivity (Wildman–Crippen MR) is 80.1 cm³/mol. The molecule has 0 saturated heterocycles. The molecular weight excluding hydrogens is 258 g/mol. The number of nitrogens with zero attached hydrogens (tertiary/aromatic N) is 1. The van der Waals surface area contributed by atoms with E-state index in [1.165, 1.54) is 0 Å². The van der Waals surface area contributed by atoms with Crippen LogP contribution in [-0.2, 0) is 6.42 Å². The molecule has 0 spiro atoms. The van der Waals surface area contributed by atoms with Crippen molar-refractivity contribution >= 4 is 18.2 Å². The highest BCUT2D eigenvalue weighted by molar-refractivity contribution is 5.99. The molecule has 2 nitrogen and oxygen atoms in total. The van der Waals surface area contributed by atoms with Gasteiger partial charge in [-0.1, -0.05) is 38.1 Å². The molecule has 1 heterocycles. The quantitative estimate of drug-likeness (QED) is 0.788. The van der Waals surface area contributed by atoms with Crippen molar-refractivity contribution < 1.29 is 4.79 Å². The summed E-state index contributed by atoms with van der Waals surface area (Å²) in [5.41, 5.74) is 2.97. The molecule has 0 aliphatic heterocycles. The molecule has 0 unspecified atom stereocenters. The Balaban J connectivity index is 0.00000180. The van der Waals surface area contributed by atoms with Crippen molar-refractivity contribution in [1.29, 1.82) is 0 Å². The van der Waals surface area contributed by atoms with E-state index in [1.54, 1.807) is 12.4 Å². The summed E-state index contributed by atoms with van der Waals surface area (Å²) in [5, 5.41) is 0. The summed E-state index contributed by atoms with van der Waals surface area (Å²) in [6.45, 7) is 4.22. The Kier molecular flexibility index (Phi) is 5.71. The summed E-state index contributed by atoms with van der Waals surface area (Å²) in [7, 11) is 0. The standard InChI is InChI=1S/C16H17NO.ClH/c1-12(2)14-5-3-4-6-15(14)16(18)11-13-7-9-17-10-8-13;/h3-10,12H,11H2,1-2H3;1H. The van der Waals surface area contributed by atoms with Crippen molar-refractivity contribution in [3.8, 4) is 0 Å². The third kappa shape index (κ3) is 3.90. The van der Waals surface area contributed by atoms with Gasteiger partial charge in [-0.25, -0.2) is 0 Å². The van der Waals surface area contributed by atoms with E-state index in [0.29, 0.717) is 12.3 Å². The lowest BCUT2D eigenvalue weighted by molar-refractivity contribution is 0.0991. The van der Waals surface area contributed by atoms with Gasteiger partial charge in [0.15, 0.2) is 5.78 Å². The fourth-order valence-electron chi connectivity index (χ4n) is 2.04. The van der Waals surface area contributed by atoms with Gasteiger partial charge in [-0.15, -0.1) is 12.4 Å². The van der Waals surface area contributed by atoms with Crippen LogP contribution >= 0.6 is 12.4 Å². The summed E-state index contributed by atoms with van der Waals surface area (Å²) in [6.07, 6.45) is 3.88. The van der Waals surface area contributed by atoms with Gasteiger partial charge in [0.25, 0.3) is 0 Å². The van der Waals surface area contributed by atoms with E-state index in [4.69, 9.17) is 0 Å². The van der Waals surface area contributed by atoms with E-state index in [-0.39, 0.29) is 18.2 Å². The Hall–Kier alpha value is -1.67. The Bertz CT molecular complexity index is 537. The number of halogens is 1. The molecule has 1 aromatic heterocycles. The average molecular weight is 276 g/mol. The second-order valence-corrected chi connectivity index (χ2v) is 4.70. The predicted octanol–water partition coefficient (Wildman–Crippen LogP) is 4.05. The number of ketones is 1. The number of aromatic nitrogens is 1. The van der Waals surface area contributed by atoms with Crippen LogP contribution in [0.4, 0.5) is 0 Å². The van der Waals surface area contributed by atoms with Gasteiger partial charge in [0, 0.05) is 24.4 Å². The zero-order valence-electron chi connectivity index (χ0n) is 11.2. The second kappa shape index (κ2) is 7.05. The molecule has 0 aliphatic rings. The number of carbonyl (C=O) groups excluding carboxylic acids is 1. The van der Waals surface area contributed by atoms with E-state index in [1.807, 2.05) is 36.4 Å². The topological polar surface area (TPSA) is 30.0 Å². The molecule has 3 heteroatoms. The molecule has 0 radical (unpaired) electrons. The fourth-order valence-corrected chi connectivity index (χ4v) is 2.04. The highest BCUT2D eigenvalue weighted by Crippen LogP contribution is 2.20. The maximum absolute atomic E-state index is 12.3. The van der Waals surface area contributed by atoms with Crippen LogP contribution in [0.5, 0.6) is 0 Å². The van der Waals surface area contributed by atoms with E-state index in [2.05, 4.69) is 18.8 Å². The first-order valence-corrected chi connectivity index (χ1v) is 6.19. The summed E-state index contributed by atoms with van der Waals surface area (Å²) >= 11 is 0. The fraction of sp³-hybridized carbons (Fsp3) is 0.250. The normalized spacial score (nSPS) is 10.1. The molecule has 0 fully saturated rings. The van der Waals surface area contributed by atoms with Gasteiger partial charge in [0.2, 0.25) is 0 Å². The van der Waals surface area contributed by atoms with Crippen LogP contribution in [-0.4, -0.2) is 10.8 Å². The number of benzene rings is 1. The summed E-state index contributed by atoms with van der Waals surface area (Å²) in [4.78, 5) is 16.3. The molecule has 19 heavy (non-hydrogen) atoms. The van der Waals surface area contributed by atoms with Crippen molar-refractivity contribution in [2.24, 2.45) is 0 Å². The van der Waals surface area contributed by atoms with Crippen molar-refractivity contribution in [1.82, 2.24) is 4.98 Å². The van der Waals surface area contributed by atoms with Crippen molar-refractivity contribution in [3.05, 3.63) is 65.5 Å². The zero-order chi connectivity index (χ0) is 13.0. The Morgan fingerprint density at radius 1 is 1.11 bits per heavy atom. The van der Waals surface area contributed by atoms with Crippen molar-refractivity contribution in [2.75, 3.05) is 0 Å². The average Bonchev–Trinajstić information content (AvgIpc) is 2.40. The molecule has 2 rings (SSSR count). The lowest BCUT2D eigenvalue weighted by Crippen LogP contribution is -2.08. The number of Topliss-reactive ketones (excluding diaryl/α,β-unsaturated/α-hetero) is 1. The van der Waals surface area contributed by atoms with Crippen LogP contribution in [0.25, 0.3) is 0 Å². The lowest BCUT2D eigenvalue weighted by Gasteiger charge is -2.11. The Morgan fingerprint density at radius 3 is 2.37 bits per heavy atom. The molecule has 0 aliphatic carbocycles. The maximum atomic E-state index is 12.3. The lowest BCUT2D eigenvalue weighted by atomic mass is 9.92. The Labute approximate surface area is 120 Å². The minimum absolute atomic E-state index is 0. The number of carbonyl (C=O) groups is 1. The molecule has 0 amide bonds. The van der Waals surface area contributed by atoms with E-state index in [0.717, 1.165) is 16.7 Å². The summed E-state index contributed by atoms with van der Waals surface area (Å²) < 4.78 is 0. The third-order valence-corrected chi connectivity index (χ3v) is 3.00. The highest BCUT2D eigenvalue weighted by atomic mass is 35.5. The summed E-state index contributed by atoms with van der Waals surface area (Å²) in [6, 6.07) is 11.6. The molecule has 2 aromatic rings. The molecule has 0 atom stereocenters. The van der Waals surface area contributed by atoms with Crippen LogP contribution in [0.15, 0.2) is 48.8 Å². The van der Waals surface area contributed by atoms with Crippen molar-refractivity contribution in [3.63, 3.8) is 0 Å². The minimum atomic E-state index is 0. The third-order valence-electron chi connectivity index (χ3n) is 3.00. The first-order valence-electron chi connectivity index (χ1n) is 6.19. The minimum Gasteiger partial charge on any atom is -0.294 e. The van der Waals surface area contributed by atoms with E-state index in [9.17, 15) is 4.79 Å².